The van der Waals surface area contributed by atoms with E-state index in [1.165, 1.54) is 49.5 Å². The van der Waals surface area contributed by atoms with Gasteiger partial charge in [0.15, 0.2) is 0 Å². The Morgan fingerprint density at radius 3 is 1.79 bits per heavy atom. The molecule has 8 rings (SSSR count). The zero-order valence-corrected chi connectivity index (χ0v) is 25.2. The summed E-state index contributed by atoms with van der Waals surface area (Å²) in [5.74, 6) is 1.80. The lowest BCUT2D eigenvalue weighted by Crippen LogP contribution is -2.58. The molecule has 0 spiro atoms. The van der Waals surface area contributed by atoms with Crippen molar-refractivity contribution in [3.05, 3.63) is 114 Å². The van der Waals surface area contributed by atoms with E-state index >= 15 is 0 Å². The van der Waals surface area contributed by atoms with Crippen LogP contribution in [0.15, 0.2) is 103 Å². The van der Waals surface area contributed by atoms with Gasteiger partial charge in [-0.25, -0.2) is 0 Å². The number of benzene rings is 5. The minimum absolute atomic E-state index is 0.00510. The summed E-state index contributed by atoms with van der Waals surface area (Å²) in [5, 5.41) is 2.58. The molecule has 0 fully saturated rings. The van der Waals surface area contributed by atoms with Gasteiger partial charge in [-0.1, -0.05) is 108 Å². The highest BCUT2D eigenvalue weighted by molar-refractivity contribution is 6.92. The van der Waals surface area contributed by atoms with Gasteiger partial charge in [-0.2, -0.15) is 0 Å². The Balaban J connectivity index is 1.49. The number of ether oxygens (including phenoxy) is 1. The van der Waals surface area contributed by atoms with Gasteiger partial charge in [0.05, 0.1) is 22.4 Å². The number of para-hydroxylation sites is 3. The fourth-order valence-corrected chi connectivity index (χ4v) is 6.93. The molecule has 0 bridgehead atoms. The van der Waals surface area contributed by atoms with Crippen molar-refractivity contribution < 1.29 is 4.74 Å². The molecule has 1 aromatic heterocycles. The molecule has 0 radical (unpaired) electrons. The molecule has 206 valence electrons. The summed E-state index contributed by atoms with van der Waals surface area (Å²) in [7, 11) is 0. The van der Waals surface area contributed by atoms with Crippen molar-refractivity contribution in [2.75, 3.05) is 4.81 Å². The smallest absolute Gasteiger partial charge is 0.332 e. The van der Waals surface area contributed by atoms with Crippen LogP contribution in [-0.2, 0) is 10.8 Å². The van der Waals surface area contributed by atoms with E-state index in [1.54, 1.807) is 0 Å². The van der Waals surface area contributed by atoms with Crippen molar-refractivity contribution >= 4 is 51.0 Å². The van der Waals surface area contributed by atoms with Crippen LogP contribution in [0.25, 0.3) is 27.5 Å². The predicted molar refractivity (Wildman–Crippen MR) is 178 cm³/mol. The van der Waals surface area contributed by atoms with Crippen molar-refractivity contribution in [1.29, 1.82) is 0 Å². The SMILES string of the molecule is CC(C)(C)c1ccc2c(c1)N(B1c3ccccc3-n3c4ccccc4c4cccc1c43)c1cc(C(C)(C)C)ccc1O2. The summed E-state index contributed by atoms with van der Waals surface area (Å²) in [5.41, 5.74) is 11.2. The molecule has 0 saturated heterocycles. The largest absolute Gasteiger partial charge is 0.453 e. The number of hydrogen-bond donors (Lipinski definition) is 0. The molecule has 5 aromatic carbocycles. The number of nitrogens with zero attached hydrogens (tertiary/aromatic N) is 2. The van der Waals surface area contributed by atoms with Gasteiger partial charge in [-0.05, 0) is 69.3 Å². The molecular formula is C38H35BN2O. The second-order valence-electron chi connectivity index (χ2n) is 13.9. The third kappa shape index (κ3) is 3.54. The van der Waals surface area contributed by atoms with Crippen LogP contribution < -0.4 is 20.5 Å². The Bertz CT molecular complexity index is 1990. The van der Waals surface area contributed by atoms with Gasteiger partial charge in [-0.3, -0.25) is 0 Å². The molecule has 3 heterocycles. The van der Waals surface area contributed by atoms with Crippen LogP contribution in [-0.4, -0.2) is 11.4 Å². The van der Waals surface area contributed by atoms with Gasteiger partial charge in [0, 0.05) is 16.5 Å². The van der Waals surface area contributed by atoms with Crippen LogP contribution in [0.5, 0.6) is 11.5 Å². The first-order valence-electron chi connectivity index (χ1n) is 15.0. The number of rotatable bonds is 1. The molecule has 6 aromatic rings. The summed E-state index contributed by atoms with van der Waals surface area (Å²) >= 11 is 0. The number of hydrogen-bond acceptors (Lipinski definition) is 2. The minimum atomic E-state index is -0.0338. The van der Waals surface area contributed by atoms with E-state index in [2.05, 4.69) is 154 Å². The van der Waals surface area contributed by atoms with Crippen LogP contribution in [0.3, 0.4) is 0 Å². The summed E-state index contributed by atoms with van der Waals surface area (Å²) < 4.78 is 9.14. The average molecular weight is 547 g/mol. The molecule has 42 heavy (non-hydrogen) atoms. The normalized spacial score (nSPS) is 14.0. The average Bonchev–Trinajstić information content (AvgIpc) is 3.31. The van der Waals surface area contributed by atoms with Crippen LogP contribution >= 0.6 is 0 Å². The van der Waals surface area contributed by atoms with E-state index in [0.717, 1.165) is 22.9 Å². The summed E-state index contributed by atoms with van der Waals surface area (Å²) in [6, 6.07) is 38.1. The van der Waals surface area contributed by atoms with E-state index in [0.29, 0.717) is 0 Å². The maximum Gasteiger partial charge on any atom is 0.332 e. The zero-order chi connectivity index (χ0) is 29.0. The van der Waals surface area contributed by atoms with Crippen molar-refractivity contribution in [1.82, 2.24) is 4.57 Å². The monoisotopic (exact) mass is 546 g/mol. The maximum atomic E-state index is 6.67. The third-order valence-corrected chi connectivity index (χ3v) is 9.14. The third-order valence-electron chi connectivity index (χ3n) is 9.14. The molecule has 0 saturated carbocycles. The van der Waals surface area contributed by atoms with Crippen LogP contribution in [0.1, 0.15) is 52.7 Å². The molecule has 3 nitrogen and oxygen atoms in total. The molecule has 2 aliphatic heterocycles. The topological polar surface area (TPSA) is 17.4 Å². The second-order valence-corrected chi connectivity index (χ2v) is 13.9. The molecule has 0 aliphatic carbocycles. The fraction of sp³-hybridized carbons (Fsp3) is 0.211. The van der Waals surface area contributed by atoms with E-state index in [4.69, 9.17) is 4.74 Å². The fourth-order valence-electron chi connectivity index (χ4n) is 6.93. The van der Waals surface area contributed by atoms with Gasteiger partial charge in [0.25, 0.3) is 0 Å². The summed E-state index contributed by atoms with van der Waals surface area (Å²) in [4.78, 5) is 2.56. The van der Waals surface area contributed by atoms with Gasteiger partial charge < -0.3 is 14.1 Å². The van der Waals surface area contributed by atoms with Gasteiger partial charge >= 0.3 is 6.85 Å². The minimum Gasteiger partial charge on any atom is -0.453 e. The van der Waals surface area contributed by atoms with Crippen LogP contribution in [0, 0.1) is 0 Å². The van der Waals surface area contributed by atoms with E-state index in [1.807, 2.05) is 0 Å². The predicted octanol–water partition coefficient (Wildman–Crippen LogP) is 8.74. The lowest BCUT2D eigenvalue weighted by molar-refractivity contribution is 0.475. The van der Waals surface area contributed by atoms with Crippen LogP contribution in [0.4, 0.5) is 11.4 Å². The highest BCUT2D eigenvalue weighted by Gasteiger charge is 2.42. The zero-order valence-electron chi connectivity index (χ0n) is 25.2. The highest BCUT2D eigenvalue weighted by Crippen LogP contribution is 2.50. The maximum absolute atomic E-state index is 6.67. The number of fused-ring (bicyclic) bond motifs is 7. The Kier molecular flexibility index (Phi) is 5.15. The lowest BCUT2D eigenvalue weighted by atomic mass is 9.46. The van der Waals surface area contributed by atoms with Crippen LogP contribution in [0.2, 0.25) is 0 Å². The Morgan fingerprint density at radius 1 is 0.548 bits per heavy atom. The molecule has 0 amide bonds. The Labute approximate surface area is 248 Å². The molecule has 0 atom stereocenters. The number of aromatic nitrogens is 1. The van der Waals surface area contributed by atoms with Gasteiger partial charge in [-0.15, -0.1) is 0 Å². The first kappa shape index (κ1) is 25.3. The quantitative estimate of drug-likeness (QED) is 0.192. The van der Waals surface area contributed by atoms with Gasteiger partial charge in [0.1, 0.15) is 11.5 Å². The second kappa shape index (κ2) is 8.55. The molecule has 0 unspecified atom stereocenters. The highest BCUT2D eigenvalue weighted by atomic mass is 16.5. The van der Waals surface area contributed by atoms with E-state index in [-0.39, 0.29) is 17.7 Å². The Hall–Kier alpha value is -4.44. The molecule has 4 heteroatoms. The summed E-state index contributed by atoms with van der Waals surface area (Å²) in [6.07, 6.45) is 0. The first-order valence-corrected chi connectivity index (χ1v) is 15.0. The first-order chi connectivity index (χ1) is 20.1. The number of anilines is 2. The molecular weight excluding hydrogens is 511 g/mol. The summed E-state index contributed by atoms with van der Waals surface area (Å²) in [6.45, 7) is 13.7. The van der Waals surface area contributed by atoms with Crippen molar-refractivity contribution in [3.63, 3.8) is 0 Å². The molecule has 0 N–H and O–H groups in total. The van der Waals surface area contributed by atoms with Gasteiger partial charge in [0.2, 0.25) is 0 Å². The Morgan fingerprint density at radius 2 is 1.12 bits per heavy atom. The van der Waals surface area contributed by atoms with E-state index in [9.17, 15) is 0 Å². The van der Waals surface area contributed by atoms with Crippen molar-refractivity contribution in [3.8, 4) is 17.2 Å². The van der Waals surface area contributed by atoms with Crippen molar-refractivity contribution in [2.24, 2.45) is 0 Å². The van der Waals surface area contributed by atoms with E-state index < -0.39 is 0 Å². The molecule has 2 aliphatic rings. The van der Waals surface area contributed by atoms with Crippen molar-refractivity contribution in [2.45, 2.75) is 52.4 Å². The standard InChI is InChI=1S/C38H35BN2O/c1-37(2,3)24-18-20-34-32(22-24)41(33-23-25(38(4,5)6)19-21-35(33)42-34)39-28-14-8-10-17-31(28)40-30-16-9-7-12-26(30)27-13-11-15-29(39)36(27)40/h7-23H,1-6H3. The lowest BCUT2D eigenvalue weighted by Gasteiger charge is -2.41.